The molecule has 0 aromatic heterocycles. The smallest absolute Gasteiger partial charge is 0.296 e. The molecule has 1 heterocycles. The first-order valence-electron chi connectivity index (χ1n) is 3.60. The van der Waals surface area contributed by atoms with Crippen LogP contribution >= 0.6 is 0 Å². The van der Waals surface area contributed by atoms with Crippen molar-refractivity contribution in [3.05, 3.63) is 12.1 Å². The molecule has 0 radical (unpaired) electrons. The van der Waals surface area contributed by atoms with Crippen LogP contribution in [0.2, 0.25) is 0 Å². The highest BCUT2D eigenvalue weighted by atomic mass is 32.2. The van der Waals surface area contributed by atoms with Crippen molar-refractivity contribution in [3.63, 3.8) is 0 Å². The van der Waals surface area contributed by atoms with Gasteiger partial charge in [-0.25, -0.2) is 0 Å². The maximum atomic E-state index is 10.8. The molecule has 1 aliphatic rings. The van der Waals surface area contributed by atoms with E-state index in [-0.39, 0.29) is 11.4 Å². The van der Waals surface area contributed by atoms with Gasteiger partial charge in [0.1, 0.15) is 9.79 Å². The maximum absolute atomic E-state index is 10.8. The average Bonchev–Trinajstić information content (AvgIpc) is 2.75. The van der Waals surface area contributed by atoms with Crippen molar-refractivity contribution in [2.24, 2.45) is 0 Å². The van der Waals surface area contributed by atoms with E-state index in [1.807, 2.05) is 0 Å². The molecule has 7 nitrogen and oxygen atoms in total. The Morgan fingerprint density at radius 1 is 0.867 bits per heavy atom. The predicted molar refractivity (Wildman–Crippen MR) is 49.4 cm³/mol. The third kappa shape index (κ3) is 1.69. The predicted octanol–water partition coefficient (Wildman–Crippen LogP) is 0.237. The number of rotatable bonds is 2. The summed E-state index contributed by atoms with van der Waals surface area (Å²) >= 11 is 0. The van der Waals surface area contributed by atoms with Gasteiger partial charge in [0.05, 0.1) is 11.4 Å². The second-order valence-electron chi connectivity index (χ2n) is 2.89. The molecular formula is C6H5NO6S2. The molecule has 0 spiro atoms. The van der Waals surface area contributed by atoms with Crippen LogP contribution in [0.4, 0.5) is 11.4 Å². The first-order valence-corrected chi connectivity index (χ1v) is 6.48. The van der Waals surface area contributed by atoms with Gasteiger partial charge in [0.25, 0.3) is 20.2 Å². The summed E-state index contributed by atoms with van der Waals surface area (Å²) in [5.74, 6) is 0. The SMILES string of the molecule is O=S(=O)(O)c1ccc(S(=O)(=O)O)c2c1N2. The van der Waals surface area contributed by atoms with Crippen molar-refractivity contribution in [3.8, 4) is 0 Å². The molecule has 0 unspecified atom stereocenters. The van der Waals surface area contributed by atoms with Gasteiger partial charge in [-0.15, -0.1) is 0 Å². The maximum Gasteiger partial charge on any atom is 0.296 e. The van der Waals surface area contributed by atoms with Crippen LogP contribution in [0.15, 0.2) is 21.9 Å². The van der Waals surface area contributed by atoms with Crippen molar-refractivity contribution in [1.29, 1.82) is 0 Å². The molecular weight excluding hydrogens is 246 g/mol. The highest BCUT2D eigenvalue weighted by Gasteiger charge is 2.34. The fourth-order valence-electron chi connectivity index (χ4n) is 1.21. The van der Waals surface area contributed by atoms with Crippen LogP contribution < -0.4 is 5.32 Å². The van der Waals surface area contributed by atoms with Crippen LogP contribution in [0.3, 0.4) is 0 Å². The second kappa shape index (κ2) is 2.70. The number of nitrogens with one attached hydrogen (secondary N) is 1. The lowest BCUT2D eigenvalue weighted by molar-refractivity contribution is 0.480. The van der Waals surface area contributed by atoms with Crippen molar-refractivity contribution < 1.29 is 25.9 Å². The number of benzene rings is 1. The third-order valence-electron chi connectivity index (χ3n) is 1.87. The van der Waals surface area contributed by atoms with Gasteiger partial charge in [0.15, 0.2) is 0 Å². The molecule has 0 aliphatic carbocycles. The molecule has 0 fully saturated rings. The molecule has 82 valence electrons. The average molecular weight is 251 g/mol. The summed E-state index contributed by atoms with van der Waals surface area (Å²) in [5.41, 5.74) is -0.0137. The topological polar surface area (TPSA) is 131 Å². The van der Waals surface area contributed by atoms with Crippen LogP contribution in [-0.2, 0) is 20.2 Å². The lowest BCUT2D eigenvalue weighted by Crippen LogP contribution is -1.99. The van der Waals surface area contributed by atoms with Gasteiger partial charge >= 0.3 is 0 Å². The highest BCUT2D eigenvalue weighted by Crippen LogP contribution is 2.48. The van der Waals surface area contributed by atoms with Crippen molar-refractivity contribution in [2.75, 3.05) is 5.32 Å². The van der Waals surface area contributed by atoms with Crippen LogP contribution in [0.5, 0.6) is 0 Å². The Balaban J connectivity index is 2.67. The number of fused-ring (bicyclic) bond motifs is 1. The molecule has 1 aromatic carbocycles. The van der Waals surface area contributed by atoms with Gasteiger partial charge in [-0.05, 0) is 12.1 Å². The van der Waals surface area contributed by atoms with Gasteiger partial charge < -0.3 is 5.32 Å². The van der Waals surface area contributed by atoms with E-state index < -0.39 is 30.0 Å². The van der Waals surface area contributed by atoms with Gasteiger partial charge in [-0.3, -0.25) is 9.11 Å². The van der Waals surface area contributed by atoms with E-state index in [4.69, 9.17) is 9.11 Å². The summed E-state index contributed by atoms with van der Waals surface area (Å²) in [7, 11) is -8.77. The van der Waals surface area contributed by atoms with Gasteiger partial charge in [-0.1, -0.05) is 0 Å². The summed E-state index contributed by atoms with van der Waals surface area (Å²) in [6, 6.07) is 1.80. The highest BCUT2D eigenvalue weighted by molar-refractivity contribution is 7.86. The Morgan fingerprint density at radius 3 is 1.47 bits per heavy atom. The van der Waals surface area contributed by atoms with Crippen molar-refractivity contribution in [2.45, 2.75) is 9.79 Å². The first-order chi connectivity index (χ1) is 6.71. The summed E-state index contributed by atoms with van der Waals surface area (Å²) in [6.45, 7) is 0. The minimum atomic E-state index is -4.38. The quantitative estimate of drug-likeness (QED) is 0.514. The van der Waals surface area contributed by atoms with Gasteiger partial charge in [-0.2, -0.15) is 16.8 Å². The zero-order valence-electron chi connectivity index (χ0n) is 7.00. The summed E-state index contributed by atoms with van der Waals surface area (Å²) in [4.78, 5) is -0.824. The van der Waals surface area contributed by atoms with E-state index in [9.17, 15) is 16.8 Å². The Hall–Kier alpha value is -1.16. The lowest BCUT2D eigenvalue weighted by atomic mass is 10.4. The van der Waals surface area contributed by atoms with Crippen molar-refractivity contribution in [1.82, 2.24) is 0 Å². The summed E-state index contributed by atoms with van der Waals surface area (Å²) < 4.78 is 60.4. The largest absolute Gasteiger partial charge is 0.350 e. The summed E-state index contributed by atoms with van der Waals surface area (Å²) in [6.07, 6.45) is 0. The molecule has 2 rings (SSSR count). The Bertz CT molecular complexity index is 587. The summed E-state index contributed by atoms with van der Waals surface area (Å²) in [5, 5.41) is 2.36. The molecule has 0 bridgehead atoms. The first kappa shape index (κ1) is 10.4. The third-order valence-corrected chi connectivity index (χ3v) is 3.66. The van der Waals surface area contributed by atoms with E-state index in [1.165, 1.54) is 0 Å². The Kier molecular flexibility index (Phi) is 1.86. The molecule has 0 amide bonds. The Labute approximate surface area is 85.2 Å². The van der Waals surface area contributed by atoms with Gasteiger partial charge in [0.2, 0.25) is 0 Å². The second-order valence-corrected chi connectivity index (χ2v) is 5.67. The molecule has 1 aliphatic heterocycles. The number of hydrogen-bond acceptors (Lipinski definition) is 5. The standard InChI is InChI=1S/C6H5NO6S2/c8-14(9,10)3-1-2-4(15(11,12)13)6-5(3)7-6/h1-2,7H,(H,8,9,10)(H,11,12,13). The van der Waals surface area contributed by atoms with E-state index >= 15 is 0 Å². The molecule has 15 heavy (non-hydrogen) atoms. The van der Waals surface area contributed by atoms with Crippen LogP contribution in [-0.4, -0.2) is 25.9 Å². The normalized spacial score (nSPS) is 14.3. The van der Waals surface area contributed by atoms with Crippen molar-refractivity contribution >= 4 is 31.6 Å². The van der Waals surface area contributed by atoms with Crippen LogP contribution in [0.25, 0.3) is 0 Å². The van der Waals surface area contributed by atoms with Crippen LogP contribution in [0.1, 0.15) is 0 Å². The molecule has 0 saturated carbocycles. The number of anilines is 2. The van der Waals surface area contributed by atoms with E-state index in [0.29, 0.717) is 0 Å². The Morgan fingerprint density at radius 2 is 1.20 bits per heavy atom. The van der Waals surface area contributed by atoms with E-state index in [0.717, 1.165) is 12.1 Å². The molecule has 0 saturated heterocycles. The monoisotopic (exact) mass is 251 g/mol. The van der Waals surface area contributed by atoms with Gasteiger partial charge in [0, 0.05) is 0 Å². The number of hydrogen-bond donors (Lipinski definition) is 3. The fourth-order valence-corrected chi connectivity index (χ4v) is 2.51. The zero-order valence-corrected chi connectivity index (χ0v) is 8.63. The molecule has 1 aromatic rings. The zero-order chi connectivity index (χ0) is 11.4. The van der Waals surface area contributed by atoms with E-state index in [2.05, 4.69) is 5.32 Å². The molecule has 0 atom stereocenters. The van der Waals surface area contributed by atoms with E-state index in [1.54, 1.807) is 0 Å². The fraction of sp³-hybridized carbons (Fsp3) is 0. The minimum absolute atomic E-state index is 0.00683. The molecule has 9 heteroatoms. The lowest BCUT2D eigenvalue weighted by Gasteiger charge is -1.95. The molecule has 3 N–H and O–H groups in total. The van der Waals surface area contributed by atoms with Crippen LogP contribution in [0, 0.1) is 0 Å². The minimum Gasteiger partial charge on any atom is -0.350 e.